The maximum Gasteiger partial charge on any atom is 0.410 e. The average Bonchev–Trinajstić information content (AvgIpc) is 3.40. The molecule has 0 saturated heterocycles. The fourth-order valence-corrected chi connectivity index (χ4v) is 3.43. The summed E-state index contributed by atoms with van der Waals surface area (Å²) in [5.74, 6) is 0.361. The highest BCUT2D eigenvalue weighted by Crippen LogP contribution is 2.45. The molecular weight excluding hydrogens is 338 g/mol. The molecule has 1 aliphatic rings. The Morgan fingerprint density at radius 2 is 1.81 bits per heavy atom. The van der Waals surface area contributed by atoms with Gasteiger partial charge in [-0.15, -0.1) is 0 Å². The van der Waals surface area contributed by atoms with Crippen molar-refractivity contribution in [1.29, 1.82) is 0 Å². The third-order valence-electron chi connectivity index (χ3n) is 4.76. The molecule has 1 amide bonds. The minimum atomic E-state index is -0.523. The molecule has 4 heteroatoms. The van der Waals surface area contributed by atoms with E-state index < -0.39 is 5.60 Å². The number of hydrogen-bond acceptors (Lipinski definition) is 3. The molecule has 1 fully saturated rings. The quantitative estimate of drug-likeness (QED) is 0.817. The van der Waals surface area contributed by atoms with Crippen LogP contribution in [0.3, 0.4) is 0 Å². The number of carbonyl (C=O) groups is 1. The highest BCUT2D eigenvalue weighted by molar-refractivity contribution is 5.69. The summed E-state index contributed by atoms with van der Waals surface area (Å²) < 4.78 is 5.68. The van der Waals surface area contributed by atoms with Gasteiger partial charge >= 0.3 is 6.09 Å². The van der Waals surface area contributed by atoms with Gasteiger partial charge in [0.25, 0.3) is 0 Å². The summed E-state index contributed by atoms with van der Waals surface area (Å²) in [7, 11) is 0. The van der Waals surface area contributed by atoms with E-state index in [4.69, 9.17) is 4.74 Å². The molecule has 0 radical (unpaired) electrons. The van der Waals surface area contributed by atoms with Crippen LogP contribution in [-0.4, -0.2) is 34.3 Å². The van der Waals surface area contributed by atoms with Gasteiger partial charge in [-0.2, -0.15) is 0 Å². The van der Waals surface area contributed by atoms with Crippen LogP contribution in [0, 0.1) is 0 Å². The first-order valence-corrected chi connectivity index (χ1v) is 9.60. The van der Waals surface area contributed by atoms with Crippen LogP contribution in [0.5, 0.6) is 0 Å². The van der Waals surface area contributed by atoms with Crippen LogP contribution in [0.1, 0.15) is 49.8 Å². The van der Waals surface area contributed by atoms with Crippen molar-refractivity contribution in [3.05, 3.63) is 71.3 Å². The van der Waals surface area contributed by atoms with Gasteiger partial charge in [-0.1, -0.05) is 54.6 Å². The lowest BCUT2D eigenvalue weighted by atomic mass is 10.1. The third kappa shape index (κ3) is 5.33. The van der Waals surface area contributed by atoms with Gasteiger partial charge in [0.2, 0.25) is 0 Å². The molecule has 0 bridgehead atoms. The van der Waals surface area contributed by atoms with Crippen LogP contribution in [0.25, 0.3) is 0 Å². The Morgan fingerprint density at radius 3 is 2.48 bits per heavy atom. The Balaban J connectivity index is 1.78. The molecule has 3 rings (SSSR count). The Kier molecular flexibility index (Phi) is 5.85. The first-order valence-electron chi connectivity index (χ1n) is 9.60. The van der Waals surface area contributed by atoms with Gasteiger partial charge < -0.3 is 14.7 Å². The van der Waals surface area contributed by atoms with Crippen LogP contribution in [0.2, 0.25) is 0 Å². The summed E-state index contributed by atoms with van der Waals surface area (Å²) in [6.45, 7) is 6.33. The Bertz CT molecular complexity index is 767. The van der Waals surface area contributed by atoms with Gasteiger partial charge in [-0.3, -0.25) is 0 Å². The summed E-state index contributed by atoms with van der Waals surface area (Å²) in [4.78, 5) is 14.8. The first-order chi connectivity index (χ1) is 12.9. The minimum absolute atomic E-state index is 0.123. The molecule has 0 heterocycles. The summed E-state index contributed by atoms with van der Waals surface area (Å²) in [5.41, 5.74) is 2.88. The predicted octanol–water partition coefficient (Wildman–Crippen LogP) is 4.51. The third-order valence-corrected chi connectivity index (χ3v) is 4.76. The topological polar surface area (TPSA) is 49.8 Å². The van der Waals surface area contributed by atoms with E-state index in [0.717, 1.165) is 17.5 Å². The van der Waals surface area contributed by atoms with E-state index in [9.17, 15) is 9.90 Å². The molecule has 1 N–H and O–H groups in total. The van der Waals surface area contributed by atoms with Crippen molar-refractivity contribution < 1.29 is 14.6 Å². The van der Waals surface area contributed by atoms with E-state index in [2.05, 4.69) is 18.2 Å². The maximum atomic E-state index is 12.9. The Morgan fingerprint density at radius 1 is 1.11 bits per heavy atom. The molecule has 0 aromatic heterocycles. The number of nitrogens with zero attached hydrogens (tertiary/aromatic N) is 1. The second-order valence-corrected chi connectivity index (χ2v) is 8.22. The van der Waals surface area contributed by atoms with Crippen LogP contribution in [0.4, 0.5) is 4.79 Å². The normalized spacial score (nSPS) is 18.8. The van der Waals surface area contributed by atoms with E-state index in [-0.39, 0.29) is 18.7 Å². The molecule has 1 aliphatic carbocycles. The molecule has 2 aromatic carbocycles. The van der Waals surface area contributed by atoms with Crippen molar-refractivity contribution in [2.24, 2.45) is 0 Å². The Hall–Kier alpha value is -2.33. The summed E-state index contributed by atoms with van der Waals surface area (Å²) in [6.07, 6.45) is 1.31. The molecule has 1 saturated carbocycles. The highest BCUT2D eigenvalue weighted by atomic mass is 16.6. The molecule has 0 spiro atoms. The van der Waals surface area contributed by atoms with Gasteiger partial charge in [-0.05, 0) is 50.3 Å². The van der Waals surface area contributed by atoms with Crippen LogP contribution in [-0.2, 0) is 17.7 Å². The van der Waals surface area contributed by atoms with Crippen molar-refractivity contribution >= 4 is 6.09 Å². The standard InChI is InChI=1S/C23H29NO3/c1-23(2,3)27-22(26)24(16-18-9-7-8-17(14-18)12-13-25)21-15-20(21)19-10-5-4-6-11-19/h4-11,14,20-21,25H,12-13,15-16H2,1-3H3/t20-,21+/m1/s1. The fourth-order valence-electron chi connectivity index (χ4n) is 3.43. The zero-order chi connectivity index (χ0) is 19.4. The smallest absolute Gasteiger partial charge is 0.410 e. The lowest BCUT2D eigenvalue weighted by Crippen LogP contribution is -2.38. The molecule has 2 aromatic rings. The number of aliphatic hydroxyl groups is 1. The van der Waals surface area contributed by atoms with Crippen molar-refractivity contribution in [3.8, 4) is 0 Å². The van der Waals surface area contributed by atoms with Gasteiger partial charge in [0.1, 0.15) is 5.60 Å². The van der Waals surface area contributed by atoms with Crippen molar-refractivity contribution in [2.75, 3.05) is 6.61 Å². The van der Waals surface area contributed by atoms with Crippen LogP contribution < -0.4 is 0 Å². The van der Waals surface area contributed by atoms with E-state index in [1.807, 2.05) is 62.1 Å². The fraction of sp³-hybridized carbons (Fsp3) is 0.435. The number of hydrogen-bond donors (Lipinski definition) is 1. The monoisotopic (exact) mass is 367 g/mol. The molecule has 144 valence electrons. The minimum Gasteiger partial charge on any atom is -0.444 e. The summed E-state index contributed by atoms with van der Waals surface area (Å²) in [6, 6.07) is 18.6. The lowest BCUT2D eigenvalue weighted by Gasteiger charge is -2.28. The van der Waals surface area contributed by atoms with Gasteiger partial charge in [0.05, 0.1) is 0 Å². The molecule has 2 atom stereocenters. The van der Waals surface area contributed by atoms with Gasteiger partial charge in [-0.25, -0.2) is 4.79 Å². The number of carbonyl (C=O) groups excluding carboxylic acids is 1. The van der Waals surface area contributed by atoms with Crippen LogP contribution >= 0.6 is 0 Å². The summed E-state index contributed by atoms with van der Waals surface area (Å²) >= 11 is 0. The number of benzene rings is 2. The molecule has 27 heavy (non-hydrogen) atoms. The molecule has 0 aliphatic heterocycles. The predicted molar refractivity (Wildman–Crippen MR) is 107 cm³/mol. The first kappa shape index (κ1) is 19.4. The van der Waals surface area contributed by atoms with Crippen LogP contribution in [0.15, 0.2) is 54.6 Å². The Labute approximate surface area is 161 Å². The number of amides is 1. The van der Waals surface area contributed by atoms with Crippen molar-refractivity contribution in [2.45, 2.75) is 57.7 Å². The zero-order valence-corrected chi connectivity index (χ0v) is 16.4. The van der Waals surface area contributed by atoms with E-state index in [1.165, 1.54) is 5.56 Å². The molecular formula is C23H29NO3. The number of aliphatic hydroxyl groups excluding tert-OH is 1. The molecule has 4 nitrogen and oxygen atoms in total. The second kappa shape index (κ2) is 8.13. The average molecular weight is 367 g/mol. The van der Waals surface area contributed by atoms with Gasteiger partial charge in [0.15, 0.2) is 0 Å². The van der Waals surface area contributed by atoms with E-state index >= 15 is 0 Å². The molecule has 0 unspecified atom stereocenters. The number of rotatable bonds is 6. The largest absolute Gasteiger partial charge is 0.444 e. The van der Waals surface area contributed by atoms with E-state index in [0.29, 0.717) is 18.9 Å². The SMILES string of the molecule is CC(C)(C)OC(=O)N(Cc1cccc(CCO)c1)[C@H]1C[C@@H]1c1ccccc1. The van der Waals surface area contributed by atoms with Gasteiger partial charge in [0, 0.05) is 25.1 Å². The van der Waals surface area contributed by atoms with Crippen molar-refractivity contribution in [3.63, 3.8) is 0 Å². The lowest BCUT2D eigenvalue weighted by molar-refractivity contribution is 0.0212. The van der Waals surface area contributed by atoms with Crippen molar-refractivity contribution in [1.82, 2.24) is 4.90 Å². The maximum absolute atomic E-state index is 12.9. The highest BCUT2D eigenvalue weighted by Gasteiger charge is 2.45. The summed E-state index contributed by atoms with van der Waals surface area (Å²) in [5, 5.41) is 9.18. The number of ether oxygens (including phenoxy) is 1. The van der Waals surface area contributed by atoms with E-state index in [1.54, 1.807) is 0 Å². The second-order valence-electron chi connectivity index (χ2n) is 8.22. The zero-order valence-electron chi connectivity index (χ0n) is 16.4.